The monoisotopic (exact) mass is 153 g/mol. The molecule has 0 atom stereocenters. The van der Waals surface area contributed by atoms with Crippen LogP contribution in [0.2, 0.25) is 0 Å². The molecule has 62 valence electrons. The first-order valence-corrected chi connectivity index (χ1v) is 3.78. The lowest BCUT2D eigenvalue weighted by Gasteiger charge is -2.24. The van der Waals surface area contributed by atoms with Crippen LogP contribution in [0.5, 0.6) is 0 Å². The fourth-order valence-corrected chi connectivity index (χ4v) is 1.22. The Kier molecular flexibility index (Phi) is 2.54. The van der Waals surface area contributed by atoms with Gasteiger partial charge in [-0.1, -0.05) is 0 Å². The van der Waals surface area contributed by atoms with E-state index >= 15 is 0 Å². The highest BCUT2D eigenvalue weighted by atomic mass is 15.1. The number of hydrogen-bond acceptors (Lipinski definition) is 3. The van der Waals surface area contributed by atoms with Crippen molar-refractivity contribution in [3.8, 4) is 0 Å². The fraction of sp³-hybridized carbons (Fsp3) is 0.500. The molecule has 1 aliphatic heterocycles. The maximum absolute atomic E-state index is 5.77. The van der Waals surface area contributed by atoms with Crippen LogP contribution in [0.25, 0.3) is 0 Å². The van der Waals surface area contributed by atoms with Gasteiger partial charge in [-0.15, -0.1) is 0 Å². The lowest BCUT2D eigenvalue weighted by Crippen LogP contribution is -2.29. The minimum atomic E-state index is 0.916. The van der Waals surface area contributed by atoms with Gasteiger partial charge in [-0.25, -0.2) is 0 Å². The van der Waals surface area contributed by atoms with Gasteiger partial charge in [0.05, 0.1) is 0 Å². The largest absolute Gasteiger partial charge is 0.405 e. The van der Waals surface area contributed by atoms with Crippen molar-refractivity contribution in [1.82, 2.24) is 4.90 Å². The molecule has 11 heavy (non-hydrogen) atoms. The number of likely N-dealkylation sites (N-methyl/N-ethyl adjacent to an activating group) is 1. The quantitative estimate of drug-likeness (QED) is 0.558. The minimum absolute atomic E-state index is 0.916. The van der Waals surface area contributed by atoms with E-state index in [-0.39, 0.29) is 0 Å². The van der Waals surface area contributed by atoms with E-state index in [4.69, 9.17) is 11.5 Å². The van der Waals surface area contributed by atoms with Gasteiger partial charge in [0, 0.05) is 18.8 Å². The lowest BCUT2D eigenvalue weighted by molar-refractivity contribution is 0.350. The van der Waals surface area contributed by atoms with Gasteiger partial charge >= 0.3 is 0 Å². The van der Waals surface area contributed by atoms with Crippen molar-refractivity contribution in [2.75, 3.05) is 20.1 Å². The van der Waals surface area contributed by atoms with E-state index in [2.05, 4.69) is 11.9 Å². The molecule has 0 radical (unpaired) electrons. The molecule has 0 aromatic heterocycles. The van der Waals surface area contributed by atoms with Gasteiger partial charge in [0.25, 0.3) is 0 Å². The third kappa shape index (κ3) is 1.98. The van der Waals surface area contributed by atoms with Crippen LogP contribution in [0.3, 0.4) is 0 Å². The van der Waals surface area contributed by atoms with Crippen LogP contribution >= 0.6 is 0 Å². The molecule has 3 nitrogen and oxygen atoms in total. The average Bonchev–Trinajstić information content (AvgIpc) is 1.98. The zero-order valence-electron chi connectivity index (χ0n) is 6.88. The zero-order chi connectivity index (χ0) is 8.27. The number of nitrogens with zero attached hydrogens (tertiary/aromatic N) is 1. The smallest absolute Gasteiger partial charge is 0.0248 e. The first-order chi connectivity index (χ1) is 5.24. The average molecular weight is 153 g/mol. The summed E-state index contributed by atoms with van der Waals surface area (Å²) in [4.78, 5) is 2.23. The molecular formula is C8H15N3. The second-order valence-electron chi connectivity index (χ2n) is 2.90. The molecule has 0 aromatic carbocycles. The second kappa shape index (κ2) is 3.44. The third-order valence-electron chi connectivity index (χ3n) is 1.91. The molecule has 0 aromatic rings. The van der Waals surface area contributed by atoms with Gasteiger partial charge in [-0.2, -0.15) is 0 Å². The normalized spacial score (nSPS) is 21.5. The second-order valence-corrected chi connectivity index (χ2v) is 2.90. The van der Waals surface area contributed by atoms with Gasteiger partial charge in [0.1, 0.15) is 0 Å². The lowest BCUT2D eigenvalue weighted by atomic mass is 10.1. The SMILES string of the molecule is CN1CCC(N)=C(/C=C\N)C1. The van der Waals surface area contributed by atoms with Crippen molar-refractivity contribution in [2.24, 2.45) is 11.5 Å². The highest BCUT2D eigenvalue weighted by Crippen LogP contribution is 2.12. The van der Waals surface area contributed by atoms with Crippen LogP contribution in [0, 0.1) is 0 Å². The summed E-state index contributed by atoms with van der Waals surface area (Å²) in [5.74, 6) is 0. The van der Waals surface area contributed by atoms with Gasteiger partial charge < -0.3 is 16.4 Å². The van der Waals surface area contributed by atoms with Crippen LogP contribution in [0.15, 0.2) is 23.5 Å². The number of rotatable bonds is 1. The molecule has 0 saturated carbocycles. The molecule has 4 N–H and O–H groups in total. The van der Waals surface area contributed by atoms with Gasteiger partial charge in [-0.05, 0) is 31.3 Å². The van der Waals surface area contributed by atoms with Crippen molar-refractivity contribution >= 4 is 0 Å². The predicted molar refractivity (Wildman–Crippen MR) is 46.7 cm³/mol. The summed E-state index contributed by atoms with van der Waals surface area (Å²) in [6.45, 7) is 1.97. The van der Waals surface area contributed by atoms with E-state index < -0.39 is 0 Å². The summed E-state index contributed by atoms with van der Waals surface area (Å²) in [6.07, 6.45) is 4.38. The van der Waals surface area contributed by atoms with E-state index in [1.165, 1.54) is 0 Å². The van der Waals surface area contributed by atoms with Crippen molar-refractivity contribution in [2.45, 2.75) is 6.42 Å². The van der Waals surface area contributed by atoms with E-state index in [1.807, 2.05) is 6.08 Å². The molecule has 3 heteroatoms. The summed E-state index contributed by atoms with van der Waals surface area (Å²) in [5, 5.41) is 0. The Morgan fingerprint density at radius 2 is 2.27 bits per heavy atom. The Labute approximate surface area is 67.3 Å². The summed E-state index contributed by atoms with van der Waals surface area (Å²) in [6, 6.07) is 0. The third-order valence-corrected chi connectivity index (χ3v) is 1.91. The predicted octanol–water partition coefficient (Wildman–Crippen LogP) is 0.00710. The van der Waals surface area contributed by atoms with Crippen LogP contribution in [0.1, 0.15) is 6.42 Å². The summed E-state index contributed by atoms with van der Waals surface area (Å²) in [7, 11) is 2.08. The standard InChI is InChI=1S/C8H15N3/c1-11-5-3-8(10)7(6-11)2-4-9/h2,4H,3,5-6,9-10H2,1H3/b4-2-. The summed E-state index contributed by atoms with van der Waals surface area (Å²) in [5.41, 5.74) is 13.2. The molecule has 1 heterocycles. The number of nitrogens with two attached hydrogens (primary N) is 2. The van der Waals surface area contributed by atoms with Crippen LogP contribution < -0.4 is 11.5 Å². The first kappa shape index (κ1) is 8.14. The van der Waals surface area contributed by atoms with E-state index in [0.29, 0.717) is 0 Å². The Morgan fingerprint density at radius 3 is 2.91 bits per heavy atom. The summed E-state index contributed by atoms with van der Waals surface area (Å²) >= 11 is 0. The van der Waals surface area contributed by atoms with Crippen LogP contribution in [-0.4, -0.2) is 25.0 Å². The van der Waals surface area contributed by atoms with Crippen molar-refractivity contribution in [3.05, 3.63) is 23.5 Å². The van der Waals surface area contributed by atoms with Gasteiger partial charge in [0.15, 0.2) is 0 Å². The molecule has 0 fully saturated rings. The van der Waals surface area contributed by atoms with Crippen molar-refractivity contribution < 1.29 is 0 Å². The van der Waals surface area contributed by atoms with E-state index in [0.717, 1.165) is 30.8 Å². The Balaban J connectivity index is 2.71. The highest BCUT2D eigenvalue weighted by Gasteiger charge is 2.10. The molecule has 1 rings (SSSR count). The van der Waals surface area contributed by atoms with Crippen LogP contribution in [0.4, 0.5) is 0 Å². The molecule has 0 amide bonds. The Morgan fingerprint density at radius 1 is 1.55 bits per heavy atom. The zero-order valence-corrected chi connectivity index (χ0v) is 6.88. The highest BCUT2D eigenvalue weighted by molar-refractivity contribution is 5.27. The molecule has 0 aliphatic carbocycles. The van der Waals surface area contributed by atoms with Crippen molar-refractivity contribution in [3.63, 3.8) is 0 Å². The first-order valence-electron chi connectivity index (χ1n) is 3.78. The Hall–Kier alpha value is -0.960. The molecule has 0 unspecified atom stereocenters. The summed E-state index contributed by atoms with van der Waals surface area (Å²) < 4.78 is 0. The molecule has 1 aliphatic rings. The molecular weight excluding hydrogens is 138 g/mol. The van der Waals surface area contributed by atoms with Crippen molar-refractivity contribution in [1.29, 1.82) is 0 Å². The van der Waals surface area contributed by atoms with Crippen LogP contribution in [-0.2, 0) is 0 Å². The van der Waals surface area contributed by atoms with E-state index in [1.54, 1.807) is 6.20 Å². The van der Waals surface area contributed by atoms with E-state index in [9.17, 15) is 0 Å². The molecule has 0 spiro atoms. The topological polar surface area (TPSA) is 55.3 Å². The molecule has 0 saturated heterocycles. The number of hydrogen-bond donors (Lipinski definition) is 2. The minimum Gasteiger partial charge on any atom is -0.405 e. The maximum Gasteiger partial charge on any atom is 0.0248 e. The maximum atomic E-state index is 5.77. The van der Waals surface area contributed by atoms with Gasteiger partial charge in [0.2, 0.25) is 0 Å². The van der Waals surface area contributed by atoms with Gasteiger partial charge in [-0.3, -0.25) is 0 Å². The Bertz CT molecular complexity index is 194. The molecule has 0 bridgehead atoms. The fourth-order valence-electron chi connectivity index (χ4n) is 1.22.